The number of unbranched alkanes of at least 4 members (excludes halogenated alkanes) is 1. The lowest BCUT2D eigenvalue weighted by molar-refractivity contribution is -0.161. The molecule has 0 aliphatic rings. The number of rotatable bonds is 11. The lowest BCUT2D eigenvalue weighted by atomic mass is 10.0. The monoisotopic (exact) mass is 395 g/mol. The van der Waals surface area contributed by atoms with E-state index >= 15 is 0 Å². The van der Waals surface area contributed by atoms with E-state index in [0.717, 1.165) is 18.4 Å². The number of nitrogens with one attached hydrogen (secondary N) is 3. The molecule has 8 nitrogen and oxygen atoms in total. The maximum Gasteiger partial charge on any atom is 0.529 e. The van der Waals surface area contributed by atoms with Gasteiger partial charge in [-0.25, -0.2) is 10.2 Å². The average Bonchev–Trinajstić information content (AvgIpc) is 2.61. The summed E-state index contributed by atoms with van der Waals surface area (Å²) < 4.78 is 10.3. The summed E-state index contributed by atoms with van der Waals surface area (Å²) in [5, 5.41) is 3.19. The number of hydrazine groups is 1. The Hall–Kier alpha value is -2.16. The maximum absolute atomic E-state index is 12.1. The van der Waals surface area contributed by atoms with Gasteiger partial charge in [-0.1, -0.05) is 35.9 Å². The van der Waals surface area contributed by atoms with Crippen molar-refractivity contribution >= 4 is 12.1 Å². The molecule has 0 atom stereocenters. The molecule has 3 N–H and O–H groups in total. The van der Waals surface area contributed by atoms with Crippen LogP contribution in [-0.4, -0.2) is 36.4 Å². The Balaban J connectivity index is 2.04. The summed E-state index contributed by atoms with van der Waals surface area (Å²) in [6.07, 6.45) is 0.837. The summed E-state index contributed by atoms with van der Waals surface area (Å²) in [6, 6.07) is 9.34. The van der Waals surface area contributed by atoms with Crippen LogP contribution >= 0.6 is 0 Å². The zero-order valence-corrected chi connectivity index (χ0v) is 17.5. The van der Waals surface area contributed by atoms with Gasteiger partial charge in [0.2, 0.25) is 0 Å². The fourth-order valence-electron chi connectivity index (χ4n) is 2.09. The Morgan fingerprint density at radius 3 is 2.25 bits per heavy atom. The SMILES string of the molecule is CC(C)(C)OC(=O)C(C)(C)NCCCCNNOC(=O)OCc1ccccc1. The van der Waals surface area contributed by atoms with Gasteiger partial charge in [0.25, 0.3) is 0 Å². The van der Waals surface area contributed by atoms with Crippen LogP contribution in [0.25, 0.3) is 0 Å². The van der Waals surface area contributed by atoms with E-state index in [9.17, 15) is 9.59 Å². The molecule has 0 aliphatic carbocycles. The summed E-state index contributed by atoms with van der Waals surface area (Å²) in [4.78, 5) is 28.3. The molecule has 0 heterocycles. The molecule has 0 aromatic heterocycles. The van der Waals surface area contributed by atoms with Crippen molar-refractivity contribution < 1.29 is 23.9 Å². The summed E-state index contributed by atoms with van der Waals surface area (Å²) in [6.45, 7) is 10.5. The van der Waals surface area contributed by atoms with Gasteiger partial charge in [-0.3, -0.25) is 4.79 Å². The molecule has 1 aromatic carbocycles. The normalized spacial score (nSPS) is 11.8. The number of ether oxygens (including phenoxy) is 2. The minimum absolute atomic E-state index is 0.153. The van der Waals surface area contributed by atoms with Gasteiger partial charge in [-0.05, 0) is 59.6 Å². The Kier molecular flexibility index (Phi) is 9.92. The van der Waals surface area contributed by atoms with Crippen molar-refractivity contribution in [2.24, 2.45) is 0 Å². The zero-order chi connectivity index (χ0) is 21.0. The predicted molar refractivity (Wildman–Crippen MR) is 106 cm³/mol. The Bertz CT molecular complexity index is 600. The van der Waals surface area contributed by atoms with Gasteiger partial charge in [0.1, 0.15) is 17.7 Å². The fraction of sp³-hybridized carbons (Fsp3) is 0.600. The zero-order valence-electron chi connectivity index (χ0n) is 17.5. The number of hydrogen-bond acceptors (Lipinski definition) is 8. The minimum Gasteiger partial charge on any atom is -0.459 e. The molecule has 8 heteroatoms. The molecule has 0 amide bonds. The van der Waals surface area contributed by atoms with E-state index in [-0.39, 0.29) is 12.6 Å². The van der Waals surface area contributed by atoms with E-state index in [1.807, 2.05) is 51.1 Å². The van der Waals surface area contributed by atoms with Crippen molar-refractivity contribution in [2.75, 3.05) is 13.1 Å². The van der Waals surface area contributed by atoms with Gasteiger partial charge < -0.3 is 19.6 Å². The molecule has 1 rings (SSSR count). The number of hydrogen-bond donors (Lipinski definition) is 3. The van der Waals surface area contributed by atoms with E-state index < -0.39 is 17.3 Å². The highest BCUT2D eigenvalue weighted by Gasteiger charge is 2.31. The molecule has 0 aliphatic heterocycles. The van der Waals surface area contributed by atoms with Crippen LogP contribution < -0.4 is 16.3 Å². The van der Waals surface area contributed by atoms with Crippen LogP contribution in [0.15, 0.2) is 30.3 Å². The highest BCUT2D eigenvalue weighted by molar-refractivity contribution is 5.80. The lowest BCUT2D eigenvalue weighted by Gasteiger charge is -2.29. The van der Waals surface area contributed by atoms with Gasteiger partial charge in [-0.15, -0.1) is 0 Å². The van der Waals surface area contributed by atoms with Crippen molar-refractivity contribution in [1.29, 1.82) is 0 Å². The highest BCUT2D eigenvalue weighted by Crippen LogP contribution is 2.14. The second-order valence-electron chi connectivity index (χ2n) is 7.92. The molecular formula is C20H33N3O5. The molecule has 1 aromatic rings. The second-order valence-corrected chi connectivity index (χ2v) is 7.92. The van der Waals surface area contributed by atoms with E-state index in [2.05, 4.69) is 16.3 Å². The number of benzene rings is 1. The van der Waals surface area contributed by atoms with E-state index in [4.69, 9.17) is 14.3 Å². The molecule has 0 unspecified atom stereocenters. The quantitative estimate of drug-likeness (QED) is 0.299. The van der Waals surface area contributed by atoms with E-state index in [0.29, 0.717) is 13.1 Å². The first-order chi connectivity index (χ1) is 13.1. The van der Waals surface area contributed by atoms with Gasteiger partial charge in [0.15, 0.2) is 0 Å². The van der Waals surface area contributed by atoms with Crippen LogP contribution in [-0.2, 0) is 25.7 Å². The summed E-state index contributed by atoms with van der Waals surface area (Å²) in [7, 11) is 0. The van der Waals surface area contributed by atoms with Crippen molar-refractivity contribution in [1.82, 2.24) is 16.3 Å². The molecular weight excluding hydrogens is 362 g/mol. The first-order valence-corrected chi connectivity index (χ1v) is 9.44. The molecule has 0 fully saturated rings. The largest absolute Gasteiger partial charge is 0.529 e. The van der Waals surface area contributed by atoms with Crippen LogP contribution in [0.5, 0.6) is 0 Å². The Labute approximate surface area is 167 Å². The van der Waals surface area contributed by atoms with Crippen LogP contribution in [0.3, 0.4) is 0 Å². The van der Waals surface area contributed by atoms with Crippen LogP contribution in [0.2, 0.25) is 0 Å². The summed E-state index contributed by atoms with van der Waals surface area (Å²) >= 11 is 0. The third-order valence-electron chi connectivity index (χ3n) is 3.61. The first kappa shape index (κ1) is 23.9. The van der Waals surface area contributed by atoms with E-state index in [1.54, 1.807) is 13.8 Å². The topological polar surface area (TPSA) is 97.9 Å². The van der Waals surface area contributed by atoms with Gasteiger partial charge >= 0.3 is 12.1 Å². The van der Waals surface area contributed by atoms with Crippen molar-refractivity contribution in [2.45, 2.75) is 65.2 Å². The maximum atomic E-state index is 12.1. The molecule has 0 bridgehead atoms. The van der Waals surface area contributed by atoms with Crippen molar-refractivity contribution in [3.63, 3.8) is 0 Å². The highest BCUT2D eigenvalue weighted by atomic mass is 16.8. The van der Waals surface area contributed by atoms with Gasteiger partial charge in [0.05, 0.1) is 0 Å². The number of carbonyl (C=O) groups is 2. The molecule has 0 saturated heterocycles. The standard InChI is InChI=1S/C20H33N3O5/c1-19(2,3)27-17(24)20(4,5)21-13-9-10-14-22-23-28-18(25)26-15-16-11-7-6-8-12-16/h6-8,11-12,21-23H,9-10,13-15H2,1-5H3. The molecule has 0 saturated carbocycles. The predicted octanol–water partition coefficient (Wildman–Crippen LogP) is 2.84. The Morgan fingerprint density at radius 2 is 1.61 bits per heavy atom. The smallest absolute Gasteiger partial charge is 0.459 e. The second kappa shape index (κ2) is 11.6. The first-order valence-electron chi connectivity index (χ1n) is 9.44. The van der Waals surface area contributed by atoms with E-state index in [1.165, 1.54) is 0 Å². The number of esters is 1. The lowest BCUT2D eigenvalue weighted by Crippen LogP contribution is -2.50. The van der Waals surface area contributed by atoms with Gasteiger partial charge in [0, 0.05) is 6.54 Å². The average molecular weight is 396 g/mol. The fourth-order valence-corrected chi connectivity index (χ4v) is 2.09. The van der Waals surface area contributed by atoms with Crippen LogP contribution in [0.4, 0.5) is 4.79 Å². The Morgan fingerprint density at radius 1 is 0.964 bits per heavy atom. The summed E-state index contributed by atoms with van der Waals surface area (Å²) in [5.74, 6) is -0.276. The van der Waals surface area contributed by atoms with Crippen molar-refractivity contribution in [3.05, 3.63) is 35.9 Å². The van der Waals surface area contributed by atoms with Gasteiger partial charge in [-0.2, -0.15) is 0 Å². The minimum atomic E-state index is -0.808. The van der Waals surface area contributed by atoms with Crippen LogP contribution in [0, 0.1) is 0 Å². The number of carbonyl (C=O) groups excluding carboxylic acids is 2. The van der Waals surface area contributed by atoms with Crippen LogP contribution in [0.1, 0.15) is 53.0 Å². The molecule has 0 radical (unpaired) electrons. The molecule has 28 heavy (non-hydrogen) atoms. The summed E-state index contributed by atoms with van der Waals surface area (Å²) in [5.41, 5.74) is 4.76. The molecule has 158 valence electrons. The molecule has 0 spiro atoms. The van der Waals surface area contributed by atoms with Crippen molar-refractivity contribution in [3.8, 4) is 0 Å². The third kappa shape index (κ3) is 10.9. The third-order valence-corrected chi connectivity index (χ3v) is 3.61.